The summed E-state index contributed by atoms with van der Waals surface area (Å²) in [6.07, 6.45) is 1.43. The van der Waals surface area contributed by atoms with Crippen molar-refractivity contribution in [2.75, 3.05) is 19.0 Å². The van der Waals surface area contributed by atoms with Crippen molar-refractivity contribution in [1.82, 2.24) is 10.2 Å². The maximum absolute atomic E-state index is 13.7. The largest absolute Gasteiger partial charge is 0.493 e. The Morgan fingerprint density at radius 3 is 2.50 bits per heavy atom. The maximum Gasteiger partial charge on any atom is 0.329 e. The second-order valence-corrected chi connectivity index (χ2v) is 7.73. The summed E-state index contributed by atoms with van der Waals surface area (Å²) in [5.41, 5.74) is 1.20. The predicted molar refractivity (Wildman–Crippen MR) is 127 cm³/mol. The summed E-state index contributed by atoms with van der Waals surface area (Å²) in [4.78, 5) is 38.0. The quantitative estimate of drug-likeness (QED) is 0.364. The molecule has 3 aromatic rings. The number of halogens is 2. The number of ether oxygens (including phenoxy) is 2. The summed E-state index contributed by atoms with van der Waals surface area (Å²) in [5.74, 6) is -1.61. The van der Waals surface area contributed by atoms with Crippen molar-refractivity contribution in [2.24, 2.45) is 0 Å². The Balaban J connectivity index is 1.43. The number of anilines is 1. The number of benzene rings is 3. The van der Waals surface area contributed by atoms with E-state index >= 15 is 0 Å². The van der Waals surface area contributed by atoms with Gasteiger partial charge >= 0.3 is 6.03 Å². The van der Waals surface area contributed by atoms with Crippen LogP contribution in [0, 0.1) is 11.6 Å². The van der Waals surface area contributed by atoms with Crippen LogP contribution in [0.2, 0.25) is 0 Å². The average Bonchev–Trinajstić information content (AvgIpc) is 3.12. The van der Waals surface area contributed by atoms with Gasteiger partial charge in [-0.2, -0.15) is 0 Å². The molecule has 36 heavy (non-hydrogen) atoms. The lowest BCUT2D eigenvalue weighted by Gasteiger charge is -2.12. The molecule has 0 atom stereocenters. The number of methoxy groups -OCH3 is 1. The zero-order chi connectivity index (χ0) is 25.7. The lowest BCUT2D eigenvalue weighted by molar-refractivity contribution is -0.127. The summed E-state index contributed by atoms with van der Waals surface area (Å²) in [5, 5.41) is 4.76. The number of carbonyl (C=O) groups is 3. The Hall–Kier alpha value is -4.73. The van der Waals surface area contributed by atoms with E-state index in [2.05, 4.69) is 10.6 Å². The highest BCUT2D eigenvalue weighted by molar-refractivity contribution is 6.16. The number of rotatable bonds is 8. The number of imide groups is 1. The Morgan fingerprint density at radius 1 is 1.03 bits per heavy atom. The van der Waals surface area contributed by atoms with Gasteiger partial charge in [-0.05, 0) is 53.6 Å². The minimum absolute atomic E-state index is 0.0410. The third-order valence-electron chi connectivity index (χ3n) is 5.22. The van der Waals surface area contributed by atoms with E-state index in [4.69, 9.17) is 9.47 Å². The third kappa shape index (κ3) is 5.66. The number of nitrogens with one attached hydrogen (secondary N) is 2. The lowest BCUT2D eigenvalue weighted by Crippen LogP contribution is -2.38. The molecule has 0 saturated carbocycles. The molecule has 0 aliphatic carbocycles. The molecule has 4 amide bonds. The van der Waals surface area contributed by atoms with Crippen molar-refractivity contribution >= 4 is 29.6 Å². The Morgan fingerprint density at radius 2 is 1.78 bits per heavy atom. The van der Waals surface area contributed by atoms with Crippen LogP contribution in [0.1, 0.15) is 11.1 Å². The van der Waals surface area contributed by atoms with Crippen molar-refractivity contribution in [3.63, 3.8) is 0 Å². The van der Waals surface area contributed by atoms with E-state index in [1.54, 1.807) is 36.4 Å². The van der Waals surface area contributed by atoms with E-state index in [9.17, 15) is 23.2 Å². The van der Waals surface area contributed by atoms with Crippen LogP contribution in [-0.4, -0.2) is 36.4 Å². The summed E-state index contributed by atoms with van der Waals surface area (Å²) in [7, 11) is 1.45. The van der Waals surface area contributed by atoms with Crippen LogP contribution in [0.4, 0.5) is 19.3 Å². The molecular weight excluding hydrogens is 472 g/mol. The van der Waals surface area contributed by atoms with Gasteiger partial charge in [0.2, 0.25) is 5.91 Å². The summed E-state index contributed by atoms with van der Waals surface area (Å²) >= 11 is 0. The summed E-state index contributed by atoms with van der Waals surface area (Å²) in [6, 6.07) is 15.6. The molecule has 3 aromatic carbocycles. The lowest BCUT2D eigenvalue weighted by atomic mass is 10.1. The van der Waals surface area contributed by atoms with Gasteiger partial charge in [0, 0.05) is 0 Å². The van der Waals surface area contributed by atoms with E-state index in [0.29, 0.717) is 17.1 Å². The molecule has 1 aliphatic rings. The Kier molecular flexibility index (Phi) is 7.24. The van der Waals surface area contributed by atoms with Gasteiger partial charge in [-0.1, -0.05) is 30.3 Å². The van der Waals surface area contributed by atoms with E-state index in [1.807, 2.05) is 0 Å². The molecule has 4 rings (SSSR count). The van der Waals surface area contributed by atoms with Crippen LogP contribution in [0.25, 0.3) is 6.08 Å². The zero-order valence-electron chi connectivity index (χ0n) is 19.1. The van der Waals surface area contributed by atoms with Crippen LogP contribution < -0.4 is 20.1 Å². The van der Waals surface area contributed by atoms with Crippen molar-refractivity contribution in [2.45, 2.75) is 6.61 Å². The molecule has 0 bridgehead atoms. The van der Waals surface area contributed by atoms with Crippen LogP contribution in [0.15, 0.2) is 72.4 Å². The number of hydrogen-bond acceptors (Lipinski definition) is 5. The van der Waals surface area contributed by atoms with Gasteiger partial charge in [0.15, 0.2) is 11.5 Å². The fourth-order valence-corrected chi connectivity index (χ4v) is 3.41. The van der Waals surface area contributed by atoms with Crippen LogP contribution in [0.5, 0.6) is 11.5 Å². The highest BCUT2D eigenvalue weighted by atomic mass is 19.1. The molecule has 0 aromatic heterocycles. The van der Waals surface area contributed by atoms with Crippen molar-refractivity contribution in [1.29, 1.82) is 0 Å². The normalized spacial score (nSPS) is 14.1. The number of nitrogens with zero attached hydrogens (tertiary/aromatic N) is 1. The fourth-order valence-electron chi connectivity index (χ4n) is 3.41. The number of amides is 4. The molecule has 1 heterocycles. The molecule has 10 heteroatoms. The molecular formula is C26H21F2N3O5. The number of carbonyl (C=O) groups excluding carboxylic acids is 3. The maximum atomic E-state index is 13.7. The predicted octanol–water partition coefficient (Wildman–Crippen LogP) is 4.08. The highest BCUT2D eigenvalue weighted by Gasteiger charge is 2.35. The zero-order valence-corrected chi connectivity index (χ0v) is 19.1. The van der Waals surface area contributed by atoms with Gasteiger partial charge in [-0.3, -0.25) is 9.59 Å². The van der Waals surface area contributed by atoms with E-state index in [-0.39, 0.29) is 23.8 Å². The van der Waals surface area contributed by atoms with Crippen LogP contribution in [-0.2, 0) is 16.2 Å². The number of urea groups is 1. The summed E-state index contributed by atoms with van der Waals surface area (Å²) in [6.45, 7) is -0.397. The van der Waals surface area contributed by atoms with Gasteiger partial charge in [-0.25, -0.2) is 18.5 Å². The number of para-hydroxylation sites is 1. The van der Waals surface area contributed by atoms with Crippen molar-refractivity contribution in [3.05, 3.63) is 95.2 Å². The van der Waals surface area contributed by atoms with Crippen LogP contribution >= 0.6 is 0 Å². The molecule has 1 aliphatic heterocycles. The molecule has 184 valence electrons. The fraction of sp³-hybridized carbons (Fsp3) is 0.115. The van der Waals surface area contributed by atoms with Crippen LogP contribution in [0.3, 0.4) is 0 Å². The minimum Gasteiger partial charge on any atom is -0.493 e. The van der Waals surface area contributed by atoms with Gasteiger partial charge in [-0.15, -0.1) is 0 Å². The molecule has 1 saturated heterocycles. The molecule has 8 nitrogen and oxygen atoms in total. The van der Waals surface area contributed by atoms with Gasteiger partial charge in [0.1, 0.15) is 30.5 Å². The second kappa shape index (κ2) is 10.7. The van der Waals surface area contributed by atoms with Gasteiger partial charge in [0.25, 0.3) is 5.91 Å². The topological polar surface area (TPSA) is 97.0 Å². The highest BCUT2D eigenvalue weighted by Crippen LogP contribution is 2.30. The van der Waals surface area contributed by atoms with E-state index < -0.39 is 30.2 Å². The monoisotopic (exact) mass is 493 g/mol. The Labute approximate surface area is 205 Å². The average molecular weight is 493 g/mol. The van der Waals surface area contributed by atoms with Gasteiger partial charge in [0.05, 0.1) is 12.8 Å². The smallest absolute Gasteiger partial charge is 0.329 e. The van der Waals surface area contributed by atoms with Crippen molar-refractivity contribution < 1.29 is 32.6 Å². The molecule has 0 unspecified atom stereocenters. The second-order valence-electron chi connectivity index (χ2n) is 7.73. The molecule has 0 spiro atoms. The molecule has 2 N–H and O–H groups in total. The number of hydrogen-bond donors (Lipinski definition) is 2. The molecule has 0 radical (unpaired) electrons. The van der Waals surface area contributed by atoms with Crippen molar-refractivity contribution in [3.8, 4) is 11.5 Å². The first-order valence-corrected chi connectivity index (χ1v) is 10.8. The third-order valence-corrected chi connectivity index (χ3v) is 5.22. The molecule has 1 fully saturated rings. The Bertz CT molecular complexity index is 1340. The standard InChI is InChI=1S/C26H21F2N3O5/c1-35-23-13-17(8-11-22(23)36-15-16-6-9-18(27)10-7-16)12-21-25(33)31(26(34)30-21)14-24(32)29-20-5-3-2-4-19(20)28/h2-13H,14-15H2,1H3,(H,29,32)(H,30,34)/b21-12+. The van der Waals surface area contributed by atoms with Gasteiger partial charge < -0.3 is 20.1 Å². The first-order valence-electron chi connectivity index (χ1n) is 10.8. The SMILES string of the molecule is COc1cc(/C=C2/NC(=O)N(CC(=O)Nc3ccccc3F)C2=O)ccc1OCc1ccc(F)cc1. The van der Waals surface area contributed by atoms with E-state index in [0.717, 1.165) is 10.5 Å². The van der Waals surface area contributed by atoms with E-state index in [1.165, 1.54) is 43.5 Å². The first-order chi connectivity index (χ1) is 17.3. The first kappa shape index (κ1) is 24.4. The minimum atomic E-state index is -0.777. The summed E-state index contributed by atoms with van der Waals surface area (Å²) < 4.78 is 37.9.